The third kappa shape index (κ3) is 3.34. The largest absolute Gasteiger partial charge is 0.350 e. The van der Waals surface area contributed by atoms with E-state index in [9.17, 15) is 13.6 Å². The van der Waals surface area contributed by atoms with E-state index in [1.54, 1.807) is 6.07 Å². The Bertz CT molecular complexity index is 963. The number of alkyl halides is 1. The van der Waals surface area contributed by atoms with Crippen LogP contribution in [-0.2, 0) is 6.54 Å². The van der Waals surface area contributed by atoms with Crippen molar-refractivity contribution in [3.8, 4) is 0 Å². The molecule has 1 aliphatic rings. The van der Waals surface area contributed by atoms with Crippen molar-refractivity contribution in [3.63, 3.8) is 0 Å². The van der Waals surface area contributed by atoms with Gasteiger partial charge in [0.1, 0.15) is 12.0 Å². The molecule has 0 bridgehead atoms. The monoisotopic (exact) mass is 375 g/mol. The van der Waals surface area contributed by atoms with Gasteiger partial charge in [-0.2, -0.15) is 0 Å². The van der Waals surface area contributed by atoms with Crippen molar-refractivity contribution < 1.29 is 13.6 Å². The van der Waals surface area contributed by atoms with E-state index in [-0.39, 0.29) is 30.6 Å². The molecule has 6 nitrogen and oxygen atoms in total. The van der Waals surface area contributed by atoms with Crippen LogP contribution in [0, 0.1) is 5.82 Å². The van der Waals surface area contributed by atoms with Crippen LogP contribution in [0.25, 0.3) is 10.2 Å². The summed E-state index contributed by atoms with van der Waals surface area (Å²) in [5, 5.41) is 4.83. The first kappa shape index (κ1) is 16.8. The van der Waals surface area contributed by atoms with Crippen LogP contribution in [0.5, 0.6) is 0 Å². The summed E-state index contributed by atoms with van der Waals surface area (Å²) in [6.07, 6.45) is 2.03. The predicted octanol–water partition coefficient (Wildman–Crippen LogP) is 3.02. The van der Waals surface area contributed by atoms with Gasteiger partial charge in [0.2, 0.25) is 5.95 Å². The Labute approximate surface area is 151 Å². The van der Waals surface area contributed by atoms with Crippen LogP contribution in [0.3, 0.4) is 0 Å². The number of carbonyl (C=O) groups excluding carboxylic acids is 1. The molecule has 26 heavy (non-hydrogen) atoms. The molecule has 3 aromatic heterocycles. The molecule has 0 aromatic carbocycles. The number of fused-ring (bicyclic) bond motifs is 1. The van der Waals surface area contributed by atoms with Crippen molar-refractivity contribution in [1.29, 1.82) is 0 Å². The highest BCUT2D eigenvalue weighted by molar-refractivity contribution is 7.17. The molecule has 0 spiro atoms. The quantitative estimate of drug-likeness (QED) is 0.759. The zero-order valence-electron chi connectivity index (χ0n) is 13.7. The maximum absolute atomic E-state index is 13.5. The lowest BCUT2D eigenvalue weighted by Gasteiger charge is -2.15. The van der Waals surface area contributed by atoms with Crippen molar-refractivity contribution >= 4 is 33.4 Å². The van der Waals surface area contributed by atoms with Gasteiger partial charge in [-0.05, 0) is 29.5 Å². The van der Waals surface area contributed by atoms with Gasteiger partial charge in [0.25, 0.3) is 5.91 Å². The summed E-state index contributed by atoms with van der Waals surface area (Å²) in [4.78, 5) is 26.8. The Kier molecular flexibility index (Phi) is 4.46. The topological polar surface area (TPSA) is 71.0 Å². The maximum atomic E-state index is 13.5. The first-order chi connectivity index (χ1) is 12.6. The second-order valence-electron chi connectivity index (χ2n) is 6.03. The number of anilines is 1. The molecular weight excluding hydrogens is 360 g/mol. The SMILES string of the molecule is O=C(c1nc(NCc2cncc(F)c2)nc2ccsc12)N1CC[C@H](F)C1. The van der Waals surface area contributed by atoms with E-state index in [4.69, 9.17) is 0 Å². The Morgan fingerprint density at radius 2 is 2.27 bits per heavy atom. The standard InChI is InChI=1S/C17H15F2N5OS/c18-11-1-3-24(9-11)16(25)14-15-13(2-4-26-15)22-17(23-14)21-7-10-5-12(19)8-20-6-10/h2,4-6,8,11H,1,3,7,9H2,(H,21,22,23)/t11-/m0/s1. The lowest BCUT2D eigenvalue weighted by atomic mass is 10.3. The van der Waals surface area contributed by atoms with Crippen LogP contribution in [0.1, 0.15) is 22.5 Å². The molecule has 1 fully saturated rings. The number of pyridine rings is 1. The van der Waals surface area contributed by atoms with Crippen molar-refractivity contribution in [2.24, 2.45) is 0 Å². The molecule has 0 unspecified atom stereocenters. The Morgan fingerprint density at radius 3 is 3.04 bits per heavy atom. The molecule has 3 aromatic rings. The van der Waals surface area contributed by atoms with Crippen molar-refractivity contribution in [3.05, 3.63) is 47.0 Å². The zero-order valence-corrected chi connectivity index (χ0v) is 14.5. The molecule has 1 saturated heterocycles. The van der Waals surface area contributed by atoms with Gasteiger partial charge in [0, 0.05) is 19.3 Å². The first-order valence-corrected chi connectivity index (χ1v) is 9.00. The molecular formula is C17H15F2N5OS. The fourth-order valence-corrected chi connectivity index (χ4v) is 3.69. The van der Waals surface area contributed by atoms with Gasteiger partial charge >= 0.3 is 0 Å². The molecule has 0 radical (unpaired) electrons. The number of nitrogens with zero attached hydrogens (tertiary/aromatic N) is 4. The minimum Gasteiger partial charge on any atom is -0.350 e. The Morgan fingerprint density at radius 1 is 1.38 bits per heavy atom. The van der Waals surface area contributed by atoms with Gasteiger partial charge < -0.3 is 10.2 Å². The van der Waals surface area contributed by atoms with Crippen LogP contribution in [0.15, 0.2) is 29.9 Å². The van der Waals surface area contributed by atoms with Crippen LogP contribution >= 0.6 is 11.3 Å². The number of aromatic nitrogens is 3. The average Bonchev–Trinajstić information content (AvgIpc) is 3.27. The van der Waals surface area contributed by atoms with Gasteiger partial charge in [0.15, 0.2) is 5.69 Å². The van der Waals surface area contributed by atoms with Crippen molar-refractivity contribution in [2.45, 2.75) is 19.1 Å². The second kappa shape index (κ2) is 6.91. The summed E-state index contributed by atoms with van der Waals surface area (Å²) >= 11 is 1.37. The lowest BCUT2D eigenvalue weighted by Crippen LogP contribution is -2.30. The summed E-state index contributed by atoms with van der Waals surface area (Å²) in [6, 6.07) is 3.16. The highest BCUT2D eigenvalue weighted by Crippen LogP contribution is 2.26. The number of carbonyl (C=O) groups is 1. The number of nitrogens with one attached hydrogen (secondary N) is 1. The molecule has 0 saturated carbocycles. The van der Waals surface area contributed by atoms with Gasteiger partial charge in [-0.25, -0.2) is 18.7 Å². The molecule has 4 heterocycles. The van der Waals surface area contributed by atoms with E-state index in [1.807, 2.05) is 5.38 Å². The Hall–Kier alpha value is -2.68. The smallest absolute Gasteiger partial charge is 0.274 e. The third-order valence-electron chi connectivity index (χ3n) is 4.14. The lowest BCUT2D eigenvalue weighted by molar-refractivity contribution is 0.0779. The molecule has 1 amide bonds. The molecule has 9 heteroatoms. The van der Waals surface area contributed by atoms with E-state index >= 15 is 0 Å². The van der Waals surface area contributed by atoms with E-state index < -0.39 is 12.0 Å². The minimum absolute atomic E-state index is 0.0907. The summed E-state index contributed by atoms with van der Waals surface area (Å²) in [5.74, 6) is -0.459. The molecule has 1 atom stereocenters. The number of likely N-dealkylation sites (tertiary alicyclic amines) is 1. The van der Waals surface area contributed by atoms with Crippen molar-refractivity contribution in [1.82, 2.24) is 19.9 Å². The number of hydrogen-bond acceptors (Lipinski definition) is 6. The second-order valence-corrected chi connectivity index (χ2v) is 6.95. The number of hydrogen-bond donors (Lipinski definition) is 1. The number of amides is 1. The minimum atomic E-state index is -0.988. The van der Waals surface area contributed by atoms with Gasteiger partial charge in [-0.3, -0.25) is 9.78 Å². The van der Waals surface area contributed by atoms with Crippen LogP contribution in [-0.4, -0.2) is 45.0 Å². The molecule has 1 aliphatic heterocycles. The fraction of sp³-hybridized carbons (Fsp3) is 0.294. The third-order valence-corrected chi connectivity index (χ3v) is 5.05. The normalized spacial score (nSPS) is 17.0. The van der Waals surface area contributed by atoms with E-state index in [0.717, 1.165) is 6.20 Å². The molecule has 4 rings (SSSR count). The summed E-state index contributed by atoms with van der Waals surface area (Å²) in [7, 11) is 0. The maximum Gasteiger partial charge on any atom is 0.274 e. The summed E-state index contributed by atoms with van der Waals surface area (Å²) in [5.41, 5.74) is 1.54. The van der Waals surface area contributed by atoms with E-state index in [1.165, 1.54) is 28.5 Å². The van der Waals surface area contributed by atoms with E-state index in [0.29, 0.717) is 28.7 Å². The number of halogens is 2. The summed E-state index contributed by atoms with van der Waals surface area (Å²) < 4.78 is 27.4. The molecule has 0 aliphatic carbocycles. The van der Waals surface area contributed by atoms with E-state index in [2.05, 4.69) is 20.3 Å². The molecule has 134 valence electrons. The van der Waals surface area contributed by atoms with Gasteiger partial charge in [-0.15, -0.1) is 11.3 Å². The number of thiophene rings is 1. The highest BCUT2D eigenvalue weighted by Gasteiger charge is 2.29. The number of rotatable bonds is 4. The Balaban J connectivity index is 1.61. The zero-order chi connectivity index (χ0) is 18.1. The fourth-order valence-electron chi connectivity index (χ4n) is 2.87. The molecule has 1 N–H and O–H groups in total. The van der Waals surface area contributed by atoms with Crippen LogP contribution in [0.4, 0.5) is 14.7 Å². The van der Waals surface area contributed by atoms with Crippen LogP contribution in [0.2, 0.25) is 0 Å². The average molecular weight is 375 g/mol. The van der Waals surface area contributed by atoms with Gasteiger partial charge in [-0.1, -0.05) is 0 Å². The highest BCUT2D eigenvalue weighted by atomic mass is 32.1. The predicted molar refractivity (Wildman–Crippen MR) is 94.4 cm³/mol. The summed E-state index contributed by atoms with van der Waals surface area (Å²) in [6.45, 7) is 0.742. The van der Waals surface area contributed by atoms with Crippen molar-refractivity contribution in [2.75, 3.05) is 18.4 Å². The van der Waals surface area contributed by atoms with Crippen LogP contribution < -0.4 is 5.32 Å². The first-order valence-electron chi connectivity index (χ1n) is 8.12. The van der Waals surface area contributed by atoms with Gasteiger partial charge in [0.05, 0.1) is 23.0 Å².